The Kier molecular flexibility index (Phi) is 4.72. The lowest BCUT2D eigenvalue weighted by molar-refractivity contribution is 0.155. The molecular weight excluding hydrogens is 323 g/mol. The van der Waals surface area contributed by atoms with Gasteiger partial charge in [-0.15, -0.1) is 0 Å². The zero-order valence-electron chi connectivity index (χ0n) is 13.0. The molecule has 0 aliphatic rings. The van der Waals surface area contributed by atoms with Crippen molar-refractivity contribution < 1.29 is 13.9 Å². The highest BCUT2D eigenvalue weighted by Crippen LogP contribution is 2.20. The Morgan fingerprint density at radius 2 is 1.92 bits per heavy atom. The van der Waals surface area contributed by atoms with Gasteiger partial charge in [0.15, 0.2) is 5.82 Å². The van der Waals surface area contributed by atoms with Gasteiger partial charge in [0, 0.05) is 0 Å². The van der Waals surface area contributed by atoms with E-state index in [2.05, 4.69) is 10.4 Å². The van der Waals surface area contributed by atoms with Crippen molar-refractivity contribution in [1.82, 2.24) is 9.78 Å². The van der Waals surface area contributed by atoms with E-state index in [4.69, 9.17) is 4.74 Å². The Morgan fingerprint density at radius 1 is 1.20 bits per heavy atom. The van der Waals surface area contributed by atoms with Crippen LogP contribution in [0.15, 0.2) is 60.8 Å². The minimum Gasteiger partial charge on any atom is -0.444 e. The molecule has 124 valence electrons. The van der Waals surface area contributed by atoms with Crippen molar-refractivity contribution in [1.29, 1.82) is 5.26 Å². The number of amides is 1. The van der Waals surface area contributed by atoms with Crippen LogP contribution in [-0.4, -0.2) is 15.9 Å². The molecule has 25 heavy (non-hydrogen) atoms. The number of anilines is 1. The average molecular weight is 336 g/mol. The van der Waals surface area contributed by atoms with Crippen LogP contribution in [0.4, 0.5) is 15.0 Å². The van der Waals surface area contributed by atoms with E-state index >= 15 is 0 Å². The van der Waals surface area contributed by atoms with Crippen molar-refractivity contribution in [2.75, 3.05) is 5.32 Å². The van der Waals surface area contributed by atoms with E-state index in [-0.39, 0.29) is 18.0 Å². The van der Waals surface area contributed by atoms with Gasteiger partial charge in [-0.3, -0.25) is 5.32 Å². The molecule has 1 aromatic heterocycles. The maximum absolute atomic E-state index is 13.1. The number of nitrogens with one attached hydrogen (secondary N) is 1. The lowest BCUT2D eigenvalue weighted by Gasteiger charge is -2.10. The van der Waals surface area contributed by atoms with E-state index < -0.39 is 11.9 Å². The number of hydrogen-bond donors (Lipinski definition) is 1. The number of rotatable bonds is 4. The van der Waals surface area contributed by atoms with Crippen molar-refractivity contribution in [3.05, 3.63) is 77.7 Å². The minimum absolute atomic E-state index is 0.0965. The van der Waals surface area contributed by atoms with Gasteiger partial charge in [-0.05, 0) is 29.8 Å². The molecule has 0 bridgehead atoms. The van der Waals surface area contributed by atoms with Crippen molar-refractivity contribution in [3.8, 4) is 11.8 Å². The molecule has 0 aliphatic carbocycles. The van der Waals surface area contributed by atoms with E-state index in [1.54, 1.807) is 0 Å². The fourth-order valence-corrected chi connectivity index (χ4v) is 2.18. The molecule has 1 heterocycles. The van der Waals surface area contributed by atoms with Crippen molar-refractivity contribution in [2.45, 2.75) is 6.61 Å². The molecule has 3 aromatic rings. The zero-order valence-corrected chi connectivity index (χ0v) is 13.0. The fraction of sp³-hybridized carbons (Fsp3) is 0.0556. The van der Waals surface area contributed by atoms with Gasteiger partial charge in [0.25, 0.3) is 0 Å². The van der Waals surface area contributed by atoms with Gasteiger partial charge in [-0.25, -0.2) is 13.9 Å². The largest absolute Gasteiger partial charge is 0.444 e. The van der Waals surface area contributed by atoms with Crippen LogP contribution in [-0.2, 0) is 11.3 Å². The van der Waals surface area contributed by atoms with Crippen molar-refractivity contribution in [2.24, 2.45) is 0 Å². The Labute approximate surface area is 143 Å². The Morgan fingerprint density at radius 3 is 2.60 bits per heavy atom. The third kappa shape index (κ3) is 3.82. The standard InChI is InChI=1S/C18H13FN4O2/c19-15-6-8-16(9-7-15)23-17(14(10-20)11-21-23)22-18(24)25-12-13-4-2-1-3-5-13/h1-9,11H,12H2,(H,22,24). The van der Waals surface area contributed by atoms with E-state index in [1.807, 2.05) is 36.4 Å². The monoisotopic (exact) mass is 336 g/mol. The van der Waals surface area contributed by atoms with Crippen LogP contribution in [0.5, 0.6) is 0 Å². The normalized spacial score (nSPS) is 10.1. The van der Waals surface area contributed by atoms with Gasteiger partial charge < -0.3 is 4.74 Å². The number of nitriles is 1. The Hall–Kier alpha value is -3.66. The van der Waals surface area contributed by atoms with Gasteiger partial charge in [-0.2, -0.15) is 10.4 Å². The molecule has 0 saturated heterocycles. The summed E-state index contributed by atoms with van der Waals surface area (Å²) in [5.74, 6) is -0.236. The summed E-state index contributed by atoms with van der Waals surface area (Å²) in [4.78, 5) is 12.0. The van der Waals surface area contributed by atoms with Crippen LogP contribution >= 0.6 is 0 Å². The van der Waals surface area contributed by atoms with Gasteiger partial charge in [0.1, 0.15) is 24.1 Å². The first-order chi connectivity index (χ1) is 12.2. The number of aromatic nitrogens is 2. The number of ether oxygens (including phenoxy) is 1. The number of halogens is 1. The van der Waals surface area contributed by atoms with Gasteiger partial charge in [-0.1, -0.05) is 30.3 Å². The summed E-state index contributed by atoms with van der Waals surface area (Å²) in [5.41, 5.74) is 1.51. The van der Waals surface area contributed by atoms with Crippen LogP contribution in [0.25, 0.3) is 5.69 Å². The summed E-state index contributed by atoms with van der Waals surface area (Å²) in [5, 5.41) is 15.8. The third-order valence-corrected chi connectivity index (χ3v) is 3.39. The van der Waals surface area contributed by atoms with Crippen LogP contribution in [0.2, 0.25) is 0 Å². The molecule has 1 amide bonds. The SMILES string of the molecule is N#Cc1cnn(-c2ccc(F)cc2)c1NC(=O)OCc1ccccc1. The van der Waals surface area contributed by atoms with Crippen LogP contribution in [0.1, 0.15) is 11.1 Å². The molecular formula is C18H13FN4O2. The topological polar surface area (TPSA) is 79.9 Å². The van der Waals surface area contributed by atoms with Crippen LogP contribution in [0, 0.1) is 17.1 Å². The predicted octanol–water partition coefficient (Wildman–Crippen LogP) is 3.63. The van der Waals surface area contributed by atoms with Gasteiger partial charge >= 0.3 is 6.09 Å². The highest BCUT2D eigenvalue weighted by Gasteiger charge is 2.16. The van der Waals surface area contributed by atoms with Crippen LogP contribution < -0.4 is 5.32 Å². The number of carbonyl (C=O) groups is 1. The van der Waals surface area contributed by atoms with E-state index in [9.17, 15) is 14.4 Å². The molecule has 3 rings (SSSR count). The summed E-state index contributed by atoms with van der Waals surface area (Å²) in [6.45, 7) is 0.0965. The summed E-state index contributed by atoms with van der Waals surface area (Å²) < 4.78 is 19.6. The Bertz CT molecular complexity index is 914. The fourth-order valence-electron chi connectivity index (χ4n) is 2.18. The summed E-state index contributed by atoms with van der Waals surface area (Å²) in [6.07, 6.45) is 0.597. The lowest BCUT2D eigenvalue weighted by Crippen LogP contribution is -2.17. The molecule has 7 heteroatoms. The van der Waals surface area contributed by atoms with E-state index in [1.165, 1.54) is 35.1 Å². The van der Waals surface area contributed by atoms with Gasteiger partial charge in [0.05, 0.1) is 11.9 Å². The second-order valence-electron chi connectivity index (χ2n) is 5.09. The average Bonchev–Trinajstić information content (AvgIpc) is 3.04. The second-order valence-corrected chi connectivity index (χ2v) is 5.09. The minimum atomic E-state index is -0.718. The predicted molar refractivity (Wildman–Crippen MR) is 88.5 cm³/mol. The number of hydrogen-bond acceptors (Lipinski definition) is 4. The molecule has 0 aliphatic heterocycles. The number of benzene rings is 2. The molecule has 1 N–H and O–H groups in total. The number of nitrogens with zero attached hydrogens (tertiary/aromatic N) is 3. The van der Waals surface area contributed by atoms with Crippen molar-refractivity contribution in [3.63, 3.8) is 0 Å². The molecule has 0 radical (unpaired) electrons. The molecule has 2 aromatic carbocycles. The maximum atomic E-state index is 13.1. The first kappa shape index (κ1) is 16.2. The molecule has 0 atom stereocenters. The molecule has 0 fully saturated rings. The molecule has 0 spiro atoms. The smallest absolute Gasteiger partial charge is 0.413 e. The van der Waals surface area contributed by atoms with E-state index in [0.717, 1.165) is 5.56 Å². The molecule has 0 saturated carbocycles. The quantitative estimate of drug-likeness (QED) is 0.789. The molecule has 6 nitrogen and oxygen atoms in total. The second kappa shape index (κ2) is 7.27. The first-order valence-electron chi connectivity index (χ1n) is 7.39. The highest BCUT2D eigenvalue weighted by atomic mass is 19.1. The Balaban J connectivity index is 1.77. The van der Waals surface area contributed by atoms with Gasteiger partial charge in [0.2, 0.25) is 0 Å². The lowest BCUT2D eigenvalue weighted by atomic mass is 10.2. The third-order valence-electron chi connectivity index (χ3n) is 3.39. The summed E-state index contributed by atoms with van der Waals surface area (Å²) in [6, 6.07) is 16.7. The highest BCUT2D eigenvalue weighted by molar-refractivity contribution is 5.85. The van der Waals surface area contributed by atoms with Crippen molar-refractivity contribution >= 4 is 11.9 Å². The number of carbonyl (C=O) groups excluding carboxylic acids is 1. The summed E-state index contributed by atoms with van der Waals surface area (Å²) >= 11 is 0. The zero-order chi connectivity index (χ0) is 17.6. The molecule has 0 unspecified atom stereocenters. The first-order valence-corrected chi connectivity index (χ1v) is 7.39. The summed E-state index contributed by atoms with van der Waals surface area (Å²) in [7, 11) is 0. The maximum Gasteiger partial charge on any atom is 0.413 e. The van der Waals surface area contributed by atoms with Crippen LogP contribution in [0.3, 0.4) is 0 Å². The van der Waals surface area contributed by atoms with E-state index in [0.29, 0.717) is 5.69 Å².